The lowest BCUT2D eigenvalue weighted by molar-refractivity contribution is 0.959. The summed E-state index contributed by atoms with van der Waals surface area (Å²) in [5.74, 6) is 2.70. The fourth-order valence-electron chi connectivity index (χ4n) is 10.0. The molecule has 0 radical (unpaired) electrons. The topological polar surface area (TPSA) is 87.2 Å². The SMILES string of the molecule is Cc1c(C)c(C)c2c(c1C)-c1nc-2nc2c3c(C)c(C)c(C)c(C)c3c(nc3nc(nc4c5c(C)c(C)c(C)c(C)c5c(n1)n4C)-c1c(C)c(C)c(C)c(C)c1-3)n2C. The standard InChI is InChI=1S/C50H54N8/c1-19-20(2)28(10)36-35(27(19)9)43-51-44(36)54-48-41-33(15)25(7)26(8)34(16)42(41)50(58(48)18)56-46-38-30(12)22(4)21(3)29(11)37(38)45(52-46)55-49-40-32(14)24(6)23(5)31(13)39(40)47(53-43)57(49)17/h1-18H3. The van der Waals surface area contributed by atoms with Gasteiger partial charge in [-0.15, -0.1) is 0 Å². The van der Waals surface area contributed by atoms with Gasteiger partial charge in [0.1, 0.15) is 22.6 Å². The largest absolute Gasteiger partial charge is 0.313 e. The van der Waals surface area contributed by atoms with Gasteiger partial charge >= 0.3 is 0 Å². The van der Waals surface area contributed by atoms with Gasteiger partial charge in [-0.3, -0.25) is 0 Å². The molecule has 9 rings (SSSR count). The van der Waals surface area contributed by atoms with Gasteiger partial charge in [0, 0.05) is 57.9 Å². The van der Waals surface area contributed by atoms with Crippen molar-refractivity contribution in [2.45, 2.75) is 111 Å². The van der Waals surface area contributed by atoms with E-state index in [1.54, 1.807) is 0 Å². The molecule has 294 valence electrons. The minimum atomic E-state index is 0.675. The summed E-state index contributed by atoms with van der Waals surface area (Å²) in [6, 6.07) is 0. The zero-order valence-electron chi connectivity index (χ0n) is 37.6. The van der Waals surface area contributed by atoms with Crippen LogP contribution in [0, 0.1) is 111 Å². The van der Waals surface area contributed by atoms with Gasteiger partial charge in [-0.1, -0.05) is 0 Å². The maximum absolute atomic E-state index is 5.62. The summed E-state index contributed by atoms with van der Waals surface area (Å²) in [7, 11) is 4.18. The molecule has 2 aliphatic rings. The van der Waals surface area contributed by atoms with E-state index in [4.69, 9.17) is 29.9 Å². The second kappa shape index (κ2) is 12.4. The van der Waals surface area contributed by atoms with E-state index in [-0.39, 0.29) is 0 Å². The smallest absolute Gasteiger partial charge is 0.165 e. The predicted octanol–water partition coefficient (Wildman–Crippen LogP) is 11.8. The van der Waals surface area contributed by atoms with Crippen LogP contribution in [0.2, 0.25) is 0 Å². The summed E-state index contributed by atoms with van der Waals surface area (Å²) >= 11 is 0. The summed E-state index contributed by atoms with van der Waals surface area (Å²) in [6.45, 7) is 35.4. The molecule has 0 amide bonds. The van der Waals surface area contributed by atoms with Crippen LogP contribution < -0.4 is 0 Å². The average molecular weight is 767 g/mol. The van der Waals surface area contributed by atoms with E-state index in [1.165, 1.54) is 89.0 Å². The van der Waals surface area contributed by atoms with E-state index in [2.05, 4.69) is 134 Å². The van der Waals surface area contributed by atoms with Crippen molar-refractivity contribution >= 4 is 44.1 Å². The average Bonchev–Trinajstić information content (AvgIpc) is 3.90. The third kappa shape index (κ3) is 4.63. The molecule has 7 aromatic rings. The molecule has 0 saturated carbocycles. The first-order chi connectivity index (χ1) is 27.3. The Balaban J connectivity index is 1.66. The van der Waals surface area contributed by atoms with E-state index in [0.717, 1.165) is 66.4 Å². The highest BCUT2D eigenvalue weighted by Crippen LogP contribution is 2.46. The van der Waals surface area contributed by atoms with Crippen molar-refractivity contribution < 1.29 is 0 Å². The van der Waals surface area contributed by atoms with Gasteiger partial charge in [0.05, 0.1) is 0 Å². The molecular weight excluding hydrogens is 713 g/mol. The maximum Gasteiger partial charge on any atom is 0.165 e. The lowest BCUT2D eigenvalue weighted by Gasteiger charge is -2.15. The van der Waals surface area contributed by atoms with E-state index in [1.807, 2.05) is 0 Å². The zero-order chi connectivity index (χ0) is 41.9. The highest BCUT2D eigenvalue weighted by molar-refractivity contribution is 6.12. The maximum atomic E-state index is 5.62. The van der Waals surface area contributed by atoms with Crippen molar-refractivity contribution in [1.82, 2.24) is 39.0 Å². The lowest BCUT2D eigenvalue weighted by atomic mass is 9.89. The molecule has 5 heterocycles. The van der Waals surface area contributed by atoms with E-state index >= 15 is 0 Å². The van der Waals surface area contributed by atoms with Gasteiger partial charge in [-0.05, 0) is 200 Å². The lowest BCUT2D eigenvalue weighted by Crippen LogP contribution is -1.99. The number of hydrogen-bond donors (Lipinski definition) is 0. The van der Waals surface area contributed by atoms with Crippen molar-refractivity contribution in [1.29, 1.82) is 0 Å². The normalized spacial score (nSPS) is 12.3. The van der Waals surface area contributed by atoms with Crippen molar-refractivity contribution in [3.05, 3.63) is 89.0 Å². The molecule has 3 aromatic heterocycles. The quantitative estimate of drug-likeness (QED) is 0.153. The van der Waals surface area contributed by atoms with Gasteiger partial charge in [0.15, 0.2) is 23.3 Å². The number of nitrogens with zero attached hydrogens (tertiary/aromatic N) is 8. The molecule has 0 atom stereocenters. The first-order valence-electron chi connectivity index (χ1n) is 20.5. The van der Waals surface area contributed by atoms with Crippen LogP contribution in [-0.2, 0) is 14.1 Å². The second-order valence-electron chi connectivity index (χ2n) is 17.4. The van der Waals surface area contributed by atoms with Crippen LogP contribution in [0.25, 0.3) is 89.7 Å². The Morgan fingerprint density at radius 2 is 0.397 bits per heavy atom. The predicted molar refractivity (Wildman–Crippen MR) is 241 cm³/mol. The number of aromatic nitrogens is 8. The third-order valence-electron chi connectivity index (χ3n) is 15.1. The first kappa shape index (κ1) is 37.8. The van der Waals surface area contributed by atoms with Crippen LogP contribution in [0.4, 0.5) is 0 Å². The highest BCUT2D eigenvalue weighted by Gasteiger charge is 2.31. The van der Waals surface area contributed by atoms with Crippen molar-refractivity contribution in [2.75, 3.05) is 0 Å². The van der Waals surface area contributed by atoms with Crippen molar-refractivity contribution in [2.24, 2.45) is 14.1 Å². The van der Waals surface area contributed by atoms with Gasteiger partial charge in [0.2, 0.25) is 0 Å². The van der Waals surface area contributed by atoms with E-state index in [9.17, 15) is 0 Å². The number of fused-ring (bicyclic) bond motifs is 20. The van der Waals surface area contributed by atoms with Crippen LogP contribution in [0.5, 0.6) is 0 Å². The Hall–Kier alpha value is -5.76. The molecule has 8 heteroatoms. The van der Waals surface area contributed by atoms with Crippen molar-refractivity contribution in [3.8, 4) is 45.6 Å². The Labute approximate surface area is 341 Å². The molecule has 4 aromatic carbocycles. The zero-order valence-corrected chi connectivity index (χ0v) is 37.6. The third-order valence-corrected chi connectivity index (χ3v) is 15.1. The molecule has 0 aliphatic carbocycles. The summed E-state index contributed by atoms with van der Waals surface area (Å²) in [5.41, 5.74) is 27.0. The van der Waals surface area contributed by atoms with Gasteiger partial charge in [-0.2, -0.15) is 0 Å². The second-order valence-corrected chi connectivity index (χ2v) is 17.4. The first-order valence-corrected chi connectivity index (χ1v) is 20.5. The Kier molecular flexibility index (Phi) is 8.06. The Morgan fingerprint density at radius 3 is 0.586 bits per heavy atom. The molecule has 2 aliphatic heterocycles. The Morgan fingerprint density at radius 1 is 0.224 bits per heavy atom. The van der Waals surface area contributed by atoms with E-state index < -0.39 is 0 Å². The molecule has 58 heavy (non-hydrogen) atoms. The van der Waals surface area contributed by atoms with Crippen molar-refractivity contribution in [3.63, 3.8) is 0 Å². The van der Waals surface area contributed by atoms with Crippen LogP contribution in [-0.4, -0.2) is 39.0 Å². The molecule has 0 fully saturated rings. The summed E-state index contributed by atoms with van der Waals surface area (Å²) < 4.78 is 4.32. The molecule has 0 N–H and O–H groups in total. The summed E-state index contributed by atoms with van der Waals surface area (Å²) in [6.07, 6.45) is 0. The van der Waals surface area contributed by atoms with Gasteiger partial charge in [0.25, 0.3) is 0 Å². The molecule has 8 nitrogen and oxygen atoms in total. The molecular formula is C50H54N8. The van der Waals surface area contributed by atoms with E-state index in [0.29, 0.717) is 23.3 Å². The number of rotatable bonds is 0. The minimum absolute atomic E-state index is 0.675. The molecule has 0 saturated heterocycles. The van der Waals surface area contributed by atoms with Crippen LogP contribution >= 0.6 is 0 Å². The fourth-order valence-corrected chi connectivity index (χ4v) is 10.0. The van der Waals surface area contributed by atoms with Gasteiger partial charge in [-0.25, -0.2) is 29.9 Å². The minimum Gasteiger partial charge on any atom is -0.313 e. The fraction of sp³-hybridized carbons (Fsp3) is 0.360. The van der Waals surface area contributed by atoms with Crippen LogP contribution in [0.15, 0.2) is 0 Å². The summed E-state index contributed by atoms with van der Waals surface area (Å²) in [5, 5.41) is 4.37. The van der Waals surface area contributed by atoms with Crippen LogP contribution in [0.3, 0.4) is 0 Å². The molecule has 0 spiro atoms. The number of aryl methyl sites for hydroxylation is 6. The number of benzene rings is 4. The van der Waals surface area contributed by atoms with Gasteiger partial charge < -0.3 is 9.13 Å². The molecule has 8 bridgehead atoms. The monoisotopic (exact) mass is 766 g/mol. The molecule has 0 unspecified atom stereocenters. The number of hydrogen-bond acceptors (Lipinski definition) is 6. The summed E-state index contributed by atoms with van der Waals surface area (Å²) in [4.78, 5) is 33.3. The Bertz CT molecular complexity index is 2870. The van der Waals surface area contributed by atoms with Crippen LogP contribution in [0.1, 0.15) is 89.0 Å². The highest BCUT2D eigenvalue weighted by atomic mass is 15.1.